The predicted molar refractivity (Wildman–Crippen MR) is 287 cm³/mol. The van der Waals surface area contributed by atoms with Crippen LogP contribution in [0.1, 0.15) is 38.7 Å². The Balaban J connectivity index is 0.000000167. The van der Waals surface area contributed by atoms with Crippen molar-refractivity contribution in [2.75, 3.05) is 88.9 Å². The van der Waals surface area contributed by atoms with Crippen molar-refractivity contribution < 1.29 is 20.1 Å². The number of nitrogens with two attached hydrogens (primary N) is 1. The van der Waals surface area contributed by atoms with E-state index in [1.807, 2.05) is 91.9 Å². The van der Waals surface area contributed by atoms with Crippen LogP contribution < -0.4 is 21.7 Å². The summed E-state index contributed by atoms with van der Waals surface area (Å²) >= 11 is 6.18. The summed E-state index contributed by atoms with van der Waals surface area (Å²) in [5.41, 5.74) is 15.9. The molecule has 0 radical (unpaired) electrons. The topological polar surface area (TPSA) is 204 Å². The maximum atomic E-state index is 12.9. The molecule has 2 saturated heterocycles. The number of likely N-dealkylation sites (N-methyl/N-ethyl adjacent to an activating group) is 2. The van der Waals surface area contributed by atoms with Crippen molar-refractivity contribution >= 4 is 57.7 Å². The molecular weight excluding hydrogens is 928 g/mol. The number of fused-ring (bicyclic) bond motifs is 2. The predicted octanol–water partition coefficient (Wildman–Crippen LogP) is 8.40. The zero-order chi connectivity index (χ0) is 50.6. The smallest absolute Gasteiger partial charge is 0.255 e. The number of aromatic hydroxyl groups is 2. The summed E-state index contributed by atoms with van der Waals surface area (Å²) < 4.78 is 0. The average molecular weight is 990 g/mol. The largest absolute Gasteiger partial charge is 0.504 e. The molecule has 5 heterocycles. The van der Waals surface area contributed by atoms with Gasteiger partial charge in [-0.2, -0.15) is 0 Å². The van der Waals surface area contributed by atoms with Crippen LogP contribution in [0.5, 0.6) is 11.5 Å². The number of pyridine rings is 1. The molecule has 17 heteroatoms. The van der Waals surface area contributed by atoms with E-state index in [-0.39, 0.29) is 24.0 Å². The molecule has 7 aromatic rings. The summed E-state index contributed by atoms with van der Waals surface area (Å²) in [6.45, 7) is 11.4. The zero-order valence-electron chi connectivity index (χ0n) is 40.7. The van der Waals surface area contributed by atoms with Crippen molar-refractivity contribution in [2.24, 2.45) is 10.7 Å². The van der Waals surface area contributed by atoms with E-state index in [4.69, 9.17) is 32.5 Å². The van der Waals surface area contributed by atoms with E-state index in [0.29, 0.717) is 27.8 Å². The van der Waals surface area contributed by atoms with Gasteiger partial charge >= 0.3 is 0 Å². The van der Waals surface area contributed by atoms with E-state index < -0.39 is 6.10 Å². The molecule has 0 saturated carbocycles. The van der Waals surface area contributed by atoms with Crippen molar-refractivity contribution in [2.45, 2.75) is 19.6 Å². The van der Waals surface area contributed by atoms with Crippen molar-refractivity contribution in [1.29, 1.82) is 0 Å². The van der Waals surface area contributed by atoms with Gasteiger partial charge in [-0.1, -0.05) is 48.0 Å². The number of aromatic nitrogens is 3. The van der Waals surface area contributed by atoms with Gasteiger partial charge in [0.05, 0.1) is 23.2 Å². The third-order valence-corrected chi connectivity index (χ3v) is 12.8. The molecule has 0 spiro atoms. The van der Waals surface area contributed by atoms with Crippen LogP contribution in [0.25, 0.3) is 11.3 Å². The number of hydrogen-bond acceptors (Lipinski definition) is 15. The second-order valence-corrected chi connectivity index (χ2v) is 18.4. The lowest BCUT2D eigenvalue weighted by Gasteiger charge is -2.34. The highest BCUT2D eigenvalue weighted by Gasteiger charge is 2.24. The second kappa shape index (κ2) is 24.1. The number of piperazine rings is 2. The number of aryl methyl sites for hydroxylation is 1. The number of aliphatic hydroxyl groups is 1. The summed E-state index contributed by atoms with van der Waals surface area (Å²) in [6, 6.07) is 37.6. The molecule has 1 amide bonds. The van der Waals surface area contributed by atoms with Crippen LogP contribution in [0.2, 0.25) is 5.02 Å². The quantitative estimate of drug-likeness (QED) is 0.0680. The molecule has 0 bridgehead atoms. The maximum absolute atomic E-state index is 12.9. The van der Waals surface area contributed by atoms with Crippen LogP contribution in [0.15, 0.2) is 145 Å². The van der Waals surface area contributed by atoms with Crippen LogP contribution in [-0.2, 0) is 6.54 Å². The Kier molecular flexibility index (Phi) is 17.1. The van der Waals surface area contributed by atoms with Crippen LogP contribution in [0.3, 0.4) is 0 Å². The molecule has 8 N–H and O–H groups in total. The van der Waals surface area contributed by atoms with Gasteiger partial charge < -0.3 is 51.7 Å². The Hall–Kier alpha value is -7.44. The third kappa shape index (κ3) is 13.5. The van der Waals surface area contributed by atoms with E-state index in [0.717, 1.165) is 110 Å². The number of halogens is 1. The van der Waals surface area contributed by atoms with Gasteiger partial charge in [-0.15, -0.1) is 0 Å². The van der Waals surface area contributed by atoms with Gasteiger partial charge in [-0.05, 0) is 123 Å². The molecule has 5 aromatic carbocycles. The Labute approximate surface area is 425 Å². The van der Waals surface area contributed by atoms with E-state index in [1.54, 1.807) is 18.6 Å². The van der Waals surface area contributed by atoms with Crippen LogP contribution in [-0.4, -0.2) is 135 Å². The van der Waals surface area contributed by atoms with E-state index in [9.17, 15) is 9.90 Å². The summed E-state index contributed by atoms with van der Waals surface area (Å²) in [5, 5.41) is 37.7. The molecule has 372 valence electrons. The fourth-order valence-corrected chi connectivity index (χ4v) is 8.40. The number of carbonyl (C=O) groups excluding carboxylic acids is 1. The van der Waals surface area contributed by atoms with Gasteiger partial charge in [0.1, 0.15) is 5.84 Å². The molecule has 2 aromatic heterocycles. The number of nitrogens with one attached hydrogen (secondary N) is 3. The van der Waals surface area contributed by atoms with E-state index in [2.05, 4.69) is 82.8 Å². The number of rotatable bonds is 9. The van der Waals surface area contributed by atoms with Crippen LogP contribution in [0, 0.1) is 6.92 Å². The van der Waals surface area contributed by atoms with Crippen LogP contribution >= 0.6 is 11.6 Å². The van der Waals surface area contributed by atoms with Crippen molar-refractivity contribution in [3.63, 3.8) is 0 Å². The van der Waals surface area contributed by atoms with Gasteiger partial charge in [0.2, 0.25) is 5.95 Å². The Morgan fingerprint density at radius 2 is 1.54 bits per heavy atom. The van der Waals surface area contributed by atoms with Gasteiger partial charge in [-0.3, -0.25) is 14.7 Å². The van der Waals surface area contributed by atoms with Crippen LogP contribution in [0.4, 0.5) is 34.4 Å². The Morgan fingerprint density at radius 3 is 2.26 bits per heavy atom. The number of phenolic OH excluding ortho intramolecular Hbond substituents is 2. The molecule has 72 heavy (non-hydrogen) atoms. The number of aliphatic imine (C=N–C) groups is 1. The molecule has 0 aliphatic carbocycles. The minimum absolute atomic E-state index is 0.0875. The summed E-state index contributed by atoms with van der Waals surface area (Å²) in [4.78, 5) is 40.6. The number of aliphatic hydroxyl groups excluding tert-OH is 1. The minimum Gasteiger partial charge on any atom is -0.504 e. The number of nitrogens with zero attached hydrogens (tertiary/aromatic N) is 8. The second-order valence-electron chi connectivity index (χ2n) is 17.9. The lowest BCUT2D eigenvalue weighted by molar-refractivity contribution is 0.102. The maximum Gasteiger partial charge on any atom is 0.255 e. The first-order valence-electron chi connectivity index (χ1n) is 23.9. The van der Waals surface area contributed by atoms with Gasteiger partial charge in [0.15, 0.2) is 11.5 Å². The van der Waals surface area contributed by atoms with Gasteiger partial charge in [-0.25, -0.2) is 15.0 Å². The van der Waals surface area contributed by atoms with Gasteiger partial charge in [0.25, 0.3) is 5.91 Å². The first kappa shape index (κ1) is 50.9. The summed E-state index contributed by atoms with van der Waals surface area (Å²) in [7, 11) is 4.32. The van der Waals surface area contributed by atoms with Crippen molar-refractivity contribution in [1.82, 2.24) is 34.6 Å². The third-order valence-electron chi connectivity index (χ3n) is 12.6. The molecule has 2 fully saturated rings. The van der Waals surface area contributed by atoms with E-state index >= 15 is 0 Å². The number of phenols is 2. The van der Waals surface area contributed by atoms with Crippen molar-refractivity contribution in [3.8, 4) is 22.8 Å². The number of benzene rings is 5. The highest BCUT2D eigenvalue weighted by Crippen LogP contribution is 2.37. The minimum atomic E-state index is -0.795. The standard InChI is InChI=1S/C29H31N7O.C18H19ClN4.C8H11NO3/c1-21-5-10-25(18-27(21)34-29-31-13-11-26(33-29)24-4-3-12-30-19-24)32-28(37)23-8-6-22(7-9-23)20-36-16-14-35(2)15-17-36;1-22-8-10-23(11-9-22)18-14-4-2-3-5-15(14)20-16-7-6-13(19)12-17(16)21-18;9-4-8(12)5-1-2-6(10)7(11)3-5/h3-13,18-19H,14-17,20H2,1-2H3,(H,32,37)(H,31,33,34);2-7,12,20H,8-11H2,1H3;1-3,8,10-12H,4,9H2/t;;8-/m..0/s1. The van der Waals surface area contributed by atoms with Gasteiger partial charge in [0, 0.05) is 123 Å². The molecule has 1 atom stereocenters. The first-order chi connectivity index (χ1) is 34.9. The monoisotopic (exact) mass is 988 g/mol. The number of amidine groups is 1. The first-order valence-corrected chi connectivity index (χ1v) is 24.3. The number of hydrogen-bond donors (Lipinski definition) is 7. The summed E-state index contributed by atoms with van der Waals surface area (Å²) in [6.07, 6.45) is 4.42. The van der Waals surface area contributed by atoms with E-state index in [1.165, 1.54) is 23.8 Å². The fraction of sp³-hybridized carbons (Fsp3) is 0.255. The lowest BCUT2D eigenvalue weighted by Crippen LogP contribution is -2.47. The number of amides is 1. The highest BCUT2D eigenvalue weighted by molar-refractivity contribution is 6.31. The molecule has 10 rings (SSSR count). The molecule has 0 unspecified atom stereocenters. The fourth-order valence-electron chi connectivity index (χ4n) is 8.23. The van der Waals surface area contributed by atoms with Crippen molar-refractivity contribution in [3.05, 3.63) is 173 Å². The number of para-hydroxylation sites is 1. The Bertz CT molecular complexity index is 2960. The molecular formula is C55H61ClN12O4. The molecule has 16 nitrogen and oxygen atoms in total. The zero-order valence-corrected chi connectivity index (χ0v) is 41.5. The average Bonchev–Trinajstić information content (AvgIpc) is 3.56. The normalized spacial score (nSPS) is 15.1. The SMILES string of the molecule is CN1CCN(C2=Nc3cc(Cl)ccc3Nc3ccccc32)CC1.Cc1ccc(NC(=O)c2ccc(CN3CCN(C)CC3)cc2)cc1Nc1nccc(-c2cccnc2)n1.NC[C@H](O)c1ccc(O)c(O)c1. The number of anilines is 5. The highest BCUT2D eigenvalue weighted by atomic mass is 35.5. The lowest BCUT2D eigenvalue weighted by atomic mass is 10.1. The number of carbonyl (C=O) groups is 1. The molecule has 3 aliphatic heterocycles. The Morgan fingerprint density at radius 1 is 0.792 bits per heavy atom. The molecule has 3 aliphatic rings. The summed E-state index contributed by atoms with van der Waals surface area (Å²) in [5.74, 6) is 0.907.